The van der Waals surface area contributed by atoms with Crippen LogP contribution in [0.2, 0.25) is 0 Å². The molecule has 0 aromatic heterocycles. The molecular formula is C28H30N4O6. The van der Waals surface area contributed by atoms with Gasteiger partial charge in [0.15, 0.2) is 5.78 Å². The summed E-state index contributed by atoms with van der Waals surface area (Å²) in [6, 6.07) is 11.8. The zero-order valence-electron chi connectivity index (χ0n) is 20.7. The van der Waals surface area contributed by atoms with Crippen LogP contribution in [-0.4, -0.2) is 53.0 Å². The van der Waals surface area contributed by atoms with Crippen molar-refractivity contribution in [2.45, 2.75) is 31.7 Å². The molecule has 0 heterocycles. The van der Waals surface area contributed by atoms with Gasteiger partial charge in [-0.1, -0.05) is 30.4 Å². The van der Waals surface area contributed by atoms with Crippen LogP contribution in [0.1, 0.15) is 57.5 Å². The van der Waals surface area contributed by atoms with Crippen molar-refractivity contribution in [3.8, 4) is 23.7 Å². The second-order valence-corrected chi connectivity index (χ2v) is 8.34. The Morgan fingerprint density at radius 3 is 1.87 bits per heavy atom. The Morgan fingerprint density at radius 1 is 0.842 bits per heavy atom. The van der Waals surface area contributed by atoms with Gasteiger partial charge in [-0.2, -0.15) is 0 Å². The van der Waals surface area contributed by atoms with Crippen molar-refractivity contribution in [1.29, 1.82) is 0 Å². The van der Waals surface area contributed by atoms with Gasteiger partial charge in [-0.3, -0.25) is 24.4 Å². The third-order valence-electron chi connectivity index (χ3n) is 5.59. The SMILES string of the molecule is NCCCC[C@H](CC(=O)c1ccc(C#CC#Cc2ccc(C(=O)N[C@@H](CN)C(=O)NO)cc2)cc1)C(=O)O. The summed E-state index contributed by atoms with van der Waals surface area (Å²) in [5.41, 5.74) is 14.3. The van der Waals surface area contributed by atoms with Gasteiger partial charge in [0.05, 0.1) is 5.92 Å². The van der Waals surface area contributed by atoms with Crippen molar-refractivity contribution in [2.24, 2.45) is 17.4 Å². The summed E-state index contributed by atoms with van der Waals surface area (Å²) >= 11 is 0. The van der Waals surface area contributed by atoms with Gasteiger partial charge in [-0.05, 0) is 67.6 Å². The van der Waals surface area contributed by atoms with Crippen molar-refractivity contribution < 1.29 is 29.5 Å². The first kappa shape index (κ1) is 29.7. The van der Waals surface area contributed by atoms with Crippen LogP contribution in [0.4, 0.5) is 0 Å². The molecular weight excluding hydrogens is 488 g/mol. The highest BCUT2D eigenvalue weighted by molar-refractivity contribution is 5.98. The molecule has 2 aromatic rings. The van der Waals surface area contributed by atoms with E-state index >= 15 is 0 Å². The van der Waals surface area contributed by atoms with E-state index < -0.39 is 29.7 Å². The molecule has 198 valence electrons. The molecule has 2 amide bonds. The molecule has 0 bridgehead atoms. The lowest BCUT2D eigenvalue weighted by Crippen LogP contribution is -2.50. The summed E-state index contributed by atoms with van der Waals surface area (Å²) in [6.45, 7) is 0.309. The number of hydrogen-bond acceptors (Lipinski definition) is 7. The number of amides is 2. The monoisotopic (exact) mass is 518 g/mol. The number of carboxylic acid groups (broad SMARTS) is 1. The van der Waals surface area contributed by atoms with E-state index in [1.807, 2.05) is 0 Å². The number of nitrogens with one attached hydrogen (secondary N) is 2. The first-order chi connectivity index (χ1) is 18.3. The molecule has 0 aliphatic heterocycles. The van der Waals surface area contributed by atoms with Crippen LogP contribution < -0.4 is 22.3 Å². The molecule has 0 saturated carbocycles. The highest BCUT2D eigenvalue weighted by Gasteiger charge is 2.21. The molecule has 2 aromatic carbocycles. The number of rotatable bonds is 12. The van der Waals surface area contributed by atoms with Crippen molar-refractivity contribution in [1.82, 2.24) is 10.8 Å². The first-order valence-corrected chi connectivity index (χ1v) is 11.9. The number of hydrogen-bond donors (Lipinski definition) is 6. The van der Waals surface area contributed by atoms with Crippen LogP contribution in [0, 0.1) is 29.6 Å². The average molecular weight is 519 g/mol. The number of carbonyl (C=O) groups excluding carboxylic acids is 3. The van der Waals surface area contributed by atoms with Gasteiger partial charge >= 0.3 is 5.97 Å². The number of benzene rings is 2. The van der Waals surface area contributed by atoms with Gasteiger partial charge in [0.1, 0.15) is 6.04 Å². The van der Waals surface area contributed by atoms with E-state index in [9.17, 15) is 24.3 Å². The molecule has 10 nitrogen and oxygen atoms in total. The van der Waals surface area contributed by atoms with E-state index in [0.29, 0.717) is 36.1 Å². The smallest absolute Gasteiger partial charge is 0.306 e. The molecule has 0 aliphatic carbocycles. The molecule has 0 radical (unpaired) electrons. The summed E-state index contributed by atoms with van der Waals surface area (Å²) in [7, 11) is 0. The Labute approximate surface area is 220 Å². The maximum Gasteiger partial charge on any atom is 0.306 e. The van der Waals surface area contributed by atoms with Gasteiger partial charge in [-0.15, -0.1) is 0 Å². The van der Waals surface area contributed by atoms with Crippen LogP contribution in [0.25, 0.3) is 0 Å². The predicted octanol–water partition coefficient (Wildman–Crippen LogP) is 1.05. The average Bonchev–Trinajstić information content (AvgIpc) is 2.93. The highest BCUT2D eigenvalue weighted by atomic mass is 16.5. The fraction of sp³-hybridized carbons (Fsp3) is 0.286. The van der Waals surface area contributed by atoms with Gasteiger partial charge in [0.25, 0.3) is 11.8 Å². The van der Waals surface area contributed by atoms with Crippen LogP contribution >= 0.6 is 0 Å². The molecule has 0 fully saturated rings. The first-order valence-electron chi connectivity index (χ1n) is 11.9. The molecule has 0 unspecified atom stereocenters. The minimum Gasteiger partial charge on any atom is -0.481 e. The Hall–Kier alpha value is -4.48. The van der Waals surface area contributed by atoms with Crippen LogP contribution in [0.5, 0.6) is 0 Å². The normalized spacial score (nSPS) is 11.6. The summed E-state index contributed by atoms with van der Waals surface area (Å²) in [5, 5.41) is 20.5. The molecule has 8 N–H and O–H groups in total. The number of hydroxylamine groups is 1. The largest absolute Gasteiger partial charge is 0.481 e. The summed E-state index contributed by atoms with van der Waals surface area (Å²) in [5.74, 6) is 7.85. The fourth-order valence-corrected chi connectivity index (χ4v) is 3.39. The number of nitrogens with two attached hydrogens (primary N) is 2. The third-order valence-corrected chi connectivity index (χ3v) is 5.59. The Kier molecular flexibility index (Phi) is 12.2. The Balaban J connectivity index is 1.95. The lowest BCUT2D eigenvalue weighted by Gasteiger charge is -2.14. The summed E-state index contributed by atoms with van der Waals surface area (Å²) in [6.07, 6.45) is 1.73. The van der Waals surface area contributed by atoms with Crippen molar-refractivity contribution in [3.63, 3.8) is 0 Å². The lowest BCUT2D eigenvalue weighted by atomic mass is 9.93. The van der Waals surface area contributed by atoms with Gasteiger partial charge in [0, 0.05) is 35.2 Å². The molecule has 2 rings (SSSR count). The maximum absolute atomic E-state index is 12.5. The van der Waals surface area contributed by atoms with Crippen molar-refractivity contribution in [2.75, 3.05) is 13.1 Å². The van der Waals surface area contributed by atoms with Gasteiger partial charge in [-0.25, -0.2) is 5.48 Å². The summed E-state index contributed by atoms with van der Waals surface area (Å²) < 4.78 is 0. The highest BCUT2D eigenvalue weighted by Crippen LogP contribution is 2.17. The van der Waals surface area contributed by atoms with Crippen molar-refractivity contribution in [3.05, 3.63) is 70.8 Å². The number of carbonyl (C=O) groups is 4. The topological polar surface area (TPSA) is 185 Å². The molecule has 0 spiro atoms. The second-order valence-electron chi connectivity index (χ2n) is 8.34. The second kappa shape index (κ2) is 15.6. The zero-order valence-corrected chi connectivity index (χ0v) is 20.7. The molecule has 0 aliphatic rings. The summed E-state index contributed by atoms with van der Waals surface area (Å²) in [4.78, 5) is 47.6. The minimum atomic E-state index is -1.07. The number of carboxylic acids is 1. The number of ketones is 1. The Bertz CT molecular complexity index is 1250. The lowest BCUT2D eigenvalue weighted by molar-refractivity contribution is -0.142. The van der Waals surface area contributed by atoms with Crippen LogP contribution in [-0.2, 0) is 9.59 Å². The molecule has 10 heteroatoms. The van der Waals surface area contributed by atoms with E-state index in [1.54, 1.807) is 36.4 Å². The molecule has 38 heavy (non-hydrogen) atoms. The number of aliphatic carboxylic acids is 1. The van der Waals surface area contributed by atoms with Gasteiger partial charge in [0.2, 0.25) is 0 Å². The maximum atomic E-state index is 12.5. The van der Waals surface area contributed by atoms with Gasteiger partial charge < -0.3 is 21.9 Å². The van der Waals surface area contributed by atoms with Crippen LogP contribution in [0.3, 0.4) is 0 Å². The van der Waals surface area contributed by atoms with Crippen LogP contribution in [0.15, 0.2) is 48.5 Å². The van der Waals surface area contributed by atoms with E-state index in [0.717, 1.165) is 6.42 Å². The van der Waals surface area contributed by atoms with Crippen molar-refractivity contribution >= 4 is 23.6 Å². The molecule has 2 atom stereocenters. The zero-order chi connectivity index (χ0) is 27.9. The Morgan fingerprint density at radius 2 is 1.39 bits per heavy atom. The quantitative estimate of drug-likeness (QED) is 0.0791. The standard InChI is InChI=1S/C28H30N4O6/c29-16-4-3-7-23(28(36)37)17-25(33)21-12-8-19(9-13-21)5-1-2-6-20-10-14-22(15-11-20)26(34)31-24(18-30)27(35)32-38/h8-15,23-24,38H,3-4,7,16-18,29-30H2,(H,31,34)(H,32,35)(H,36,37)/t23-,24+/m1/s1. The number of unbranched alkanes of at least 4 members (excludes halogenated alkanes) is 1. The van der Waals surface area contributed by atoms with E-state index in [2.05, 4.69) is 29.0 Å². The van der Waals surface area contributed by atoms with E-state index in [1.165, 1.54) is 17.6 Å². The predicted molar refractivity (Wildman–Crippen MR) is 140 cm³/mol. The molecule has 0 saturated heterocycles. The van der Waals surface area contributed by atoms with E-state index in [-0.39, 0.29) is 24.3 Å². The van der Waals surface area contributed by atoms with E-state index in [4.69, 9.17) is 16.7 Å². The number of Topliss-reactive ketones (excluding diaryl/α,β-unsaturated/α-hetero) is 1. The minimum absolute atomic E-state index is 0.0670. The fourth-order valence-electron chi connectivity index (χ4n) is 3.39. The third kappa shape index (κ3) is 9.52.